The highest BCUT2D eigenvalue weighted by Gasteiger charge is 2.21. The second-order valence-corrected chi connectivity index (χ2v) is 5.48. The van der Waals surface area contributed by atoms with Gasteiger partial charge in [0.25, 0.3) is 0 Å². The molecule has 0 aromatic heterocycles. The number of carbonyl (C=O) groups is 2. The third-order valence-corrected chi connectivity index (χ3v) is 3.73. The van der Waals surface area contributed by atoms with E-state index in [-0.39, 0.29) is 12.3 Å². The molecule has 0 fully saturated rings. The van der Waals surface area contributed by atoms with Crippen LogP contribution in [0.15, 0.2) is 22.7 Å². The minimum atomic E-state index is -1.08. The maximum atomic E-state index is 11.6. The molecule has 1 aromatic carbocycles. The van der Waals surface area contributed by atoms with Gasteiger partial charge in [-0.25, -0.2) is 4.79 Å². The molecule has 1 unspecified atom stereocenters. The highest BCUT2D eigenvalue weighted by atomic mass is 79.9. The molecule has 0 aliphatic rings. The maximum Gasteiger partial charge on any atom is 0.326 e. The number of carboxylic acid groups (broad SMARTS) is 1. The van der Waals surface area contributed by atoms with E-state index in [0.29, 0.717) is 21.7 Å². The number of anilines is 1. The van der Waals surface area contributed by atoms with Gasteiger partial charge >= 0.3 is 5.97 Å². The van der Waals surface area contributed by atoms with E-state index in [0.717, 1.165) is 6.42 Å². The second kappa shape index (κ2) is 8.11. The molecule has 0 saturated heterocycles. The van der Waals surface area contributed by atoms with E-state index in [1.807, 2.05) is 6.92 Å². The summed E-state index contributed by atoms with van der Waals surface area (Å²) in [5, 5.41) is 15.1. The molecule has 0 aliphatic carbocycles. The molecule has 20 heavy (non-hydrogen) atoms. The van der Waals surface area contributed by atoms with Gasteiger partial charge in [0.1, 0.15) is 6.04 Å². The Bertz CT molecular complexity index is 497. The van der Waals surface area contributed by atoms with Crippen LogP contribution in [0.4, 0.5) is 5.69 Å². The monoisotopic (exact) mass is 362 g/mol. The standard InChI is InChI=1S/C13H16BrClN2O3/c1-2-5-16-12(18)7-11(13(19)20)17-8-3-4-10(15)9(14)6-8/h3-4,6,11,17H,2,5,7H2,1H3,(H,16,18)(H,19,20). The number of carbonyl (C=O) groups excluding carboxylic acids is 1. The van der Waals surface area contributed by atoms with Gasteiger partial charge in [0, 0.05) is 16.7 Å². The van der Waals surface area contributed by atoms with Crippen molar-refractivity contribution >= 4 is 45.1 Å². The lowest BCUT2D eigenvalue weighted by Gasteiger charge is -2.16. The number of hydrogen-bond acceptors (Lipinski definition) is 3. The van der Waals surface area contributed by atoms with E-state index in [4.69, 9.17) is 16.7 Å². The van der Waals surface area contributed by atoms with Gasteiger partial charge in [0.15, 0.2) is 0 Å². The van der Waals surface area contributed by atoms with Crippen LogP contribution in [0, 0.1) is 0 Å². The summed E-state index contributed by atoms with van der Waals surface area (Å²) in [7, 11) is 0. The van der Waals surface area contributed by atoms with Crippen molar-refractivity contribution in [2.75, 3.05) is 11.9 Å². The SMILES string of the molecule is CCCNC(=O)CC(Nc1ccc(Cl)c(Br)c1)C(=O)O. The highest BCUT2D eigenvalue weighted by molar-refractivity contribution is 9.10. The Kier molecular flexibility index (Phi) is 6.81. The van der Waals surface area contributed by atoms with Gasteiger partial charge in [-0.05, 0) is 40.5 Å². The van der Waals surface area contributed by atoms with Crippen LogP contribution in [0.25, 0.3) is 0 Å². The normalized spacial score (nSPS) is 11.8. The molecule has 1 amide bonds. The number of nitrogens with one attached hydrogen (secondary N) is 2. The predicted molar refractivity (Wildman–Crippen MR) is 82.1 cm³/mol. The Hall–Kier alpha value is -1.27. The summed E-state index contributed by atoms with van der Waals surface area (Å²) in [4.78, 5) is 22.8. The maximum absolute atomic E-state index is 11.6. The lowest BCUT2D eigenvalue weighted by molar-refractivity contribution is -0.139. The van der Waals surface area contributed by atoms with Crippen LogP contribution in [0.5, 0.6) is 0 Å². The van der Waals surface area contributed by atoms with Gasteiger partial charge < -0.3 is 15.7 Å². The smallest absolute Gasteiger partial charge is 0.326 e. The molecule has 0 bridgehead atoms. The van der Waals surface area contributed by atoms with Crippen molar-refractivity contribution in [2.45, 2.75) is 25.8 Å². The molecule has 0 radical (unpaired) electrons. The summed E-state index contributed by atoms with van der Waals surface area (Å²) in [5.74, 6) is -1.37. The predicted octanol–water partition coefficient (Wildman–Crippen LogP) is 2.88. The molecule has 0 aliphatic heterocycles. The van der Waals surface area contributed by atoms with Gasteiger partial charge in [0.05, 0.1) is 11.4 Å². The quantitative estimate of drug-likeness (QED) is 0.696. The lowest BCUT2D eigenvalue weighted by Crippen LogP contribution is -2.36. The van der Waals surface area contributed by atoms with Crippen molar-refractivity contribution in [1.29, 1.82) is 0 Å². The number of halogens is 2. The van der Waals surface area contributed by atoms with Gasteiger partial charge in [-0.3, -0.25) is 4.79 Å². The molecule has 3 N–H and O–H groups in total. The molecule has 1 rings (SSSR count). The Labute approximate surface area is 130 Å². The minimum absolute atomic E-state index is 0.129. The number of rotatable bonds is 7. The lowest BCUT2D eigenvalue weighted by atomic mass is 10.2. The highest BCUT2D eigenvalue weighted by Crippen LogP contribution is 2.26. The molecule has 7 heteroatoms. The Morgan fingerprint density at radius 3 is 2.70 bits per heavy atom. The fourth-order valence-electron chi connectivity index (χ4n) is 1.51. The average molecular weight is 364 g/mol. The molecule has 110 valence electrons. The molecule has 1 atom stereocenters. The van der Waals surface area contributed by atoms with Gasteiger partial charge in [-0.15, -0.1) is 0 Å². The van der Waals surface area contributed by atoms with Crippen LogP contribution in [-0.4, -0.2) is 29.6 Å². The summed E-state index contributed by atoms with van der Waals surface area (Å²) >= 11 is 9.13. The van der Waals surface area contributed by atoms with Crippen LogP contribution >= 0.6 is 27.5 Å². The van der Waals surface area contributed by atoms with Crippen molar-refractivity contribution in [3.05, 3.63) is 27.7 Å². The van der Waals surface area contributed by atoms with Crippen LogP contribution in [0.2, 0.25) is 5.02 Å². The van der Waals surface area contributed by atoms with Crippen molar-refractivity contribution < 1.29 is 14.7 Å². The third kappa shape index (κ3) is 5.38. The summed E-state index contributed by atoms with van der Waals surface area (Å²) in [5.41, 5.74) is 0.581. The second-order valence-electron chi connectivity index (χ2n) is 4.22. The number of hydrogen-bond donors (Lipinski definition) is 3. The van der Waals surface area contributed by atoms with E-state index < -0.39 is 12.0 Å². The molecule has 0 spiro atoms. The van der Waals surface area contributed by atoms with E-state index in [9.17, 15) is 9.59 Å². The van der Waals surface area contributed by atoms with Crippen molar-refractivity contribution in [3.8, 4) is 0 Å². The van der Waals surface area contributed by atoms with Gasteiger partial charge in [0.2, 0.25) is 5.91 Å². The Morgan fingerprint density at radius 1 is 1.45 bits per heavy atom. The Morgan fingerprint density at radius 2 is 2.15 bits per heavy atom. The van der Waals surface area contributed by atoms with E-state index >= 15 is 0 Å². The molecule has 1 aromatic rings. The number of benzene rings is 1. The van der Waals surface area contributed by atoms with Crippen molar-refractivity contribution in [3.63, 3.8) is 0 Å². The van der Waals surface area contributed by atoms with Crippen LogP contribution in [0.1, 0.15) is 19.8 Å². The number of aliphatic carboxylic acids is 1. The summed E-state index contributed by atoms with van der Waals surface area (Å²) in [6.07, 6.45) is 0.677. The van der Waals surface area contributed by atoms with E-state index in [2.05, 4.69) is 26.6 Å². The first-order valence-corrected chi connectivity index (χ1v) is 7.32. The van der Waals surface area contributed by atoms with E-state index in [1.165, 1.54) is 0 Å². The third-order valence-electron chi connectivity index (χ3n) is 2.52. The first-order chi connectivity index (χ1) is 9.43. The van der Waals surface area contributed by atoms with Gasteiger partial charge in [-0.2, -0.15) is 0 Å². The zero-order chi connectivity index (χ0) is 15.1. The number of carboxylic acids is 1. The molecular formula is C13H16BrClN2O3. The largest absolute Gasteiger partial charge is 0.480 e. The van der Waals surface area contributed by atoms with Crippen LogP contribution in [0.3, 0.4) is 0 Å². The van der Waals surface area contributed by atoms with Crippen LogP contribution < -0.4 is 10.6 Å². The average Bonchev–Trinajstić information content (AvgIpc) is 2.39. The minimum Gasteiger partial charge on any atom is -0.480 e. The molecule has 0 heterocycles. The van der Waals surface area contributed by atoms with Crippen molar-refractivity contribution in [2.24, 2.45) is 0 Å². The topological polar surface area (TPSA) is 78.4 Å². The molecule has 5 nitrogen and oxygen atoms in total. The zero-order valence-corrected chi connectivity index (χ0v) is 13.3. The summed E-state index contributed by atoms with van der Waals surface area (Å²) < 4.78 is 0.656. The summed E-state index contributed by atoms with van der Waals surface area (Å²) in [6.45, 7) is 2.47. The van der Waals surface area contributed by atoms with Crippen LogP contribution in [-0.2, 0) is 9.59 Å². The fourth-order valence-corrected chi connectivity index (χ4v) is 2.01. The first-order valence-electron chi connectivity index (χ1n) is 6.15. The Balaban J connectivity index is 2.69. The zero-order valence-electron chi connectivity index (χ0n) is 11.0. The molecular weight excluding hydrogens is 348 g/mol. The molecule has 0 saturated carbocycles. The first kappa shape index (κ1) is 16.8. The fraction of sp³-hybridized carbons (Fsp3) is 0.385. The van der Waals surface area contributed by atoms with Gasteiger partial charge in [-0.1, -0.05) is 18.5 Å². The number of amides is 1. The van der Waals surface area contributed by atoms with E-state index in [1.54, 1.807) is 18.2 Å². The van der Waals surface area contributed by atoms with Crippen molar-refractivity contribution in [1.82, 2.24) is 5.32 Å². The summed E-state index contributed by atoms with van der Waals surface area (Å²) in [6, 6.07) is 3.99.